The van der Waals surface area contributed by atoms with E-state index in [9.17, 15) is 0 Å². The molecule has 0 radical (unpaired) electrons. The van der Waals surface area contributed by atoms with Gasteiger partial charge in [-0.05, 0) is 12.0 Å². The summed E-state index contributed by atoms with van der Waals surface area (Å²) in [5.41, 5.74) is 7.62. The lowest BCUT2D eigenvalue weighted by Crippen LogP contribution is -2.20. The fourth-order valence-corrected chi connectivity index (χ4v) is 3.11. The van der Waals surface area contributed by atoms with E-state index in [2.05, 4.69) is 20.1 Å². The monoisotopic (exact) mass is 241 g/mol. The Morgan fingerprint density at radius 1 is 1.53 bits per heavy atom. The summed E-state index contributed by atoms with van der Waals surface area (Å²) in [7, 11) is 2.68. The van der Waals surface area contributed by atoms with Crippen LogP contribution in [0.4, 0.5) is 5.00 Å². The van der Waals surface area contributed by atoms with Gasteiger partial charge in [0.05, 0.1) is 5.56 Å². The van der Waals surface area contributed by atoms with Crippen LogP contribution < -0.4 is 5.73 Å². The summed E-state index contributed by atoms with van der Waals surface area (Å²) in [5, 5.41) is 9.56. The predicted molar refractivity (Wildman–Crippen MR) is 68.6 cm³/mol. The van der Waals surface area contributed by atoms with E-state index in [1.54, 1.807) is 11.3 Å². The average molecular weight is 241 g/mol. The SMILES string of the molecule is CC.N#Cc1c(N)sc2c1CCN(P)C2. The molecule has 0 amide bonds. The Balaban J connectivity index is 0.000000531. The number of hydrogen-bond donors (Lipinski definition) is 1. The minimum atomic E-state index is 0.674. The molecule has 0 fully saturated rings. The topological polar surface area (TPSA) is 53.1 Å². The van der Waals surface area contributed by atoms with Gasteiger partial charge in [0.2, 0.25) is 0 Å². The zero-order valence-electron chi connectivity index (χ0n) is 9.08. The summed E-state index contributed by atoms with van der Waals surface area (Å²) in [6.45, 7) is 5.89. The van der Waals surface area contributed by atoms with Crippen LogP contribution in [0.2, 0.25) is 0 Å². The van der Waals surface area contributed by atoms with Gasteiger partial charge in [-0.3, -0.25) is 4.67 Å². The number of rotatable bonds is 0. The van der Waals surface area contributed by atoms with E-state index in [0.29, 0.717) is 10.6 Å². The maximum atomic E-state index is 8.89. The van der Waals surface area contributed by atoms with Gasteiger partial charge < -0.3 is 5.73 Å². The molecule has 1 unspecified atom stereocenters. The fraction of sp³-hybridized carbons (Fsp3) is 0.500. The number of anilines is 1. The largest absolute Gasteiger partial charge is 0.389 e. The molecule has 3 nitrogen and oxygen atoms in total. The summed E-state index contributed by atoms with van der Waals surface area (Å²) in [4.78, 5) is 1.25. The van der Waals surface area contributed by atoms with E-state index < -0.39 is 0 Å². The number of fused-ring (bicyclic) bond motifs is 1. The lowest BCUT2D eigenvalue weighted by Gasteiger charge is -2.21. The van der Waals surface area contributed by atoms with E-state index in [1.165, 1.54) is 10.4 Å². The molecule has 0 saturated carbocycles. The van der Waals surface area contributed by atoms with E-state index in [1.807, 2.05) is 13.8 Å². The molecule has 0 aliphatic carbocycles. The minimum absolute atomic E-state index is 0.674. The highest BCUT2D eigenvalue weighted by Crippen LogP contribution is 2.35. The average Bonchev–Trinajstić information content (AvgIpc) is 2.55. The molecule has 0 bridgehead atoms. The first kappa shape index (κ1) is 12.4. The van der Waals surface area contributed by atoms with Gasteiger partial charge >= 0.3 is 0 Å². The Labute approximate surface area is 97.1 Å². The number of nitrogen functional groups attached to an aromatic ring is 1. The molecule has 2 N–H and O–H groups in total. The van der Waals surface area contributed by atoms with E-state index in [-0.39, 0.29) is 0 Å². The van der Waals surface area contributed by atoms with Crippen LogP contribution >= 0.6 is 20.7 Å². The zero-order chi connectivity index (χ0) is 11.4. The third kappa shape index (κ3) is 2.49. The van der Waals surface area contributed by atoms with Crippen molar-refractivity contribution in [2.45, 2.75) is 26.8 Å². The first-order chi connectivity index (χ1) is 7.22. The van der Waals surface area contributed by atoms with Crippen LogP contribution in [-0.4, -0.2) is 11.2 Å². The Hall–Kier alpha value is -0.620. The van der Waals surface area contributed by atoms with Crippen LogP contribution in [0.5, 0.6) is 0 Å². The lowest BCUT2D eigenvalue weighted by atomic mass is 10.1. The smallest absolute Gasteiger partial charge is 0.104 e. The normalized spacial score (nSPS) is 14.8. The molecular weight excluding hydrogens is 225 g/mol. The second-order valence-corrected chi connectivity index (χ2v) is 4.94. The van der Waals surface area contributed by atoms with E-state index in [0.717, 1.165) is 19.5 Å². The molecule has 5 heteroatoms. The molecule has 2 heterocycles. The van der Waals surface area contributed by atoms with Crippen molar-refractivity contribution in [2.24, 2.45) is 0 Å². The summed E-state index contributed by atoms with van der Waals surface area (Å²) in [6.07, 6.45) is 0.940. The lowest BCUT2D eigenvalue weighted by molar-refractivity contribution is 0.449. The number of nitrogens with zero attached hydrogens (tertiary/aromatic N) is 2. The summed E-state index contributed by atoms with van der Waals surface area (Å²) in [5.74, 6) is 0. The van der Waals surface area contributed by atoms with Crippen molar-refractivity contribution in [1.29, 1.82) is 5.26 Å². The fourth-order valence-electron chi connectivity index (χ4n) is 1.57. The number of thiophene rings is 1. The third-order valence-corrected chi connectivity index (χ3v) is 3.71. The van der Waals surface area contributed by atoms with Crippen molar-refractivity contribution in [1.82, 2.24) is 4.67 Å². The maximum absolute atomic E-state index is 8.89. The first-order valence-electron chi connectivity index (χ1n) is 5.02. The number of hydrogen-bond acceptors (Lipinski definition) is 4. The van der Waals surface area contributed by atoms with Crippen LogP contribution in [0.15, 0.2) is 0 Å². The molecule has 1 atom stereocenters. The van der Waals surface area contributed by atoms with Crippen molar-refractivity contribution in [3.63, 3.8) is 0 Å². The Kier molecular flexibility index (Phi) is 4.53. The van der Waals surface area contributed by atoms with Crippen molar-refractivity contribution in [2.75, 3.05) is 12.3 Å². The van der Waals surface area contributed by atoms with Gasteiger partial charge in [-0.25, -0.2) is 0 Å². The molecule has 2 rings (SSSR count). The van der Waals surface area contributed by atoms with Gasteiger partial charge in [0, 0.05) is 18.0 Å². The highest BCUT2D eigenvalue weighted by atomic mass is 32.1. The van der Waals surface area contributed by atoms with Gasteiger partial charge in [-0.15, -0.1) is 11.3 Å². The van der Waals surface area contributed by atoms with Gasteiger partial charge in [0.15, 0.2) is 0 Å². The molecule has 0 spiro atoms. The van der Waals surface area contributed by atoms with E-state index in [4.69, 9.17) is 11.0 Å². The van der Waals surface area contributed by atoms with Gasteiger partial charge in [0.25, 0.3) is 0 Å². The third-order valence-electron chi connectivity index (χ3n) is 2.23. The summed E-state index contributed by atoms with van der Waals surface area (Å²) in [6, 6.07) is 2.18. The molecule has 0 aromatic carbocycles. The maximum Gasteiger partial charge on any atom is 0.104 e. The van der Waals surface area contributed by atoms with Crippen LogP contribution in [0.25, 0.3) is 0 Å². The highest BCUT2D eigenvalue weighted by molar-refractivity contribution is 7.16. The summed E-state index contributed by atoms with van der Waals surface area (Å²) >= 11 is 1.55. The van der Waals surface area contributed by atoms with E-state index >= 15 is 0 Å². The quantitative estimate of drug-likeness (QED) is 0.709. The number of nitrogens with two attached hydrogens (primary N) is 1. The zero-order valence-corrected chi connectivity index (χ0v) is 11.0. The Morgan fingerprint density at radius 3 is 2.80 bits per heavy atom. The molecule has 1 aromatic rings. The Morgan fingerprint density at radius 2 is 2.20 bits per heavy atom. The second kappa shape index (κ2) is 5.46. The summed E-state index contributed by atoms with van der Waals surface area (Å²) < 4.78 is 2.17. The predicted octanol–water partition coefficient (Wildman–Crippen LogP) is 2.38. The molecule has 1 aliphatic rings. The van der Waals surface area contributed by atoms with Gasteiger partial charge in [-0.1, -0.05) is 23.2 Å². The van der Waals surface area contributed by atoms with Gasteiger partial charge in [0.1, 0.15) is 11.1 Å². The van der Waals surface area contributed by atoms with Crippen LogP contribution in [0, 0.1) is 11.3 Å². The molecule has 82 valence electrons. The second-order valence-electron chi connectivity index (χ2n) is 3.08. The Bertz CT molecular complexity index is 381. The van der Waals surface area contributed by atoms with Gasteiger partial charge in [-0.2, -0.15) is 5.26 Å². The molecule has 1 aliphatic heterocycles. The van der Waals surface area contributed by atoms with Crippen LogP contribution in [0.1, 0.15) is 29.9 Å². The molecule has 1 aromatic heterocycles. The molecule has 15 heavy (non-hydrogen) atoms. The number of nitriles is 1. The van der Waals surface area contributed by atoms with Crippen molar-refractivity contribution in [3.05, 3.63) is 16.0 Å². The van der Waals surface area contributed by atoms with Crippen molar-refractivity contribution in [3.8, 4) is 6.07 Å². The highest BCUT2D eigenvalue weighted by Gasteiger charge is 2.21. The van der Waals surface area contributed by atoms with Crippen molar-refractivity contribution >= 4 is 25.7 Å². The molecular formula is C10H16N3PS. The standard InChI is InChI=1S/C8H10N3PS.C2H6/c9-3-6-5-1-2-11(12)4-7(5)13-8(6)10;1-2/h1-2,4,10,12H2;1-2H3. The molecule has 0 saturated heterocycles. The van der Waals surface area contributed by atoms with Crippen LogP contribution in [-0.2, 0) is 13.0 Å². The first-order valence-corrected chi connectivity index (χ1v) is 6.35. The minimum Gasteiger partial charge on any atom is -0.389 e. The van der Waals surface area contributed by atoms with Crippen LogP contribution in [0.3, 0.4) is 0 Å². The van der Waals surface area contributed by atoms with Crippen molar-refractivity contribution < 1.29 is 0 Å².